The maximum Gasteiger partial charge on any atom is 0.270 e. The number of anilines is 1. The smallest absolute Gasteiger partial charge is 0.270 e. The molecule has 7 heteroatoms. The van der Waals surface area contributed by atoms with Gasteiger partial charge in [-0.1, -0.05) is 27.5 Å². The molecule has 5 nitrogen and oxygen atoms in total. The van der Waals surface area contributed by atoms with E-state index in [9.17, 15) is 14.9 Å². The number of benzene rings is 2. The predicted octanol–water partition coefficient (Wildman–Crippen LogP) is 4.57. The van der Waals surface area contributed by atoms with Crippen molar-refractivity contribution >= 4 is 44.8 Å². The van der Waals surface area contributed by atoms with Gasteiger partial charge < -0.3 is 5.32 Å². The van der Waals surface area contributed by atoms with Gasteiger partial charge in [-0.2, -0.15) is 0 Å². The summed E-state index contributed by atoms with van der Waals surface area (Å²) in [6.07, 6.45) is 0. The number of halogens is 2. The van der Waals surface area contributed by atoms with Gasteiger partial charge in [-0.05, 0) is 36.8 Å². The molecule has 0 radical (unpaired) electrons. The fraction of sp³-hybridized carbons (Fsp3) is 0.0714. The molecule has 108 valence electrons. The summed E-state index contributed by atoms with van der Waals surface area (Å²) in [5, 5.41) is 13.4. The van der Waals surface area contributed by atoms with Crippen LogP contribution >= 0.6 is 27.5 Å². The van der Waals surface area contributed by atoms with E-state index in [0.717, 1.165) is 16.1 Å². The Hall–Kier alpha value is -1.92. The van der Waals surface area contributed by atoms with E-state index in [1.165, 1.54) is 12.1 Å². The summed E-state index contributed by atoms with van der Waals surface area (Å²) in [5.74, 6) is -0.416. The Balaban J connectivity index is 2.26. The molecule has 0 atom stereocenters. The Bertz CT molecular complexity index is 734. The third kappa shape index (κ3) is 3.59. The first-order valence-corrected chi connectivity index (χ1v) is 7.07. The fourth-order valence-electron chi connectivity index (χ4n) is 1.76. The van der Waals surface area contributed by atoms with E-state index < -0.39 is 10.8 Å². The monoisotopic (exact) mass is 368 g/mol. The number of nitro groups is 1. The van der Waals surface area contributed by atoms with Gasteiger partial charge in [-0.3, -0.25) is 14.9 Å². The molecule has 0 saturated heterocycles. The standard InChI is InChI=1S/C14H10BrClN2O3/c1-8-6-9(15)2-5-13(8)17-14(19)11-4-3-10(18(20)21)7-12(11)16/h2-7H,1H3,(H,17,19). The van der Waals surface area contributed by atoms with Gasteiger partial charge in [0.25, 0.3) is 11.6 Å². The number of rotatable bonds is 3. The van der Waals surface area contributed by atoms with E-state index in [2.05, 4.69) is 21.2 Å². The zero-order valence-corrected chi connectivity index (χ0v) is 13.2. The number of nitrogens with zero attached hydrogens (tertiary/aromatic N) is 1. The van der Waals surface area contributed by atoms with Crippen LogP contribution in [0.5, 0.6) is 0 Å². The Morgan fingerprint density at radius 2 is 2.00 bits per heavy atom. The molecular weight excluding hydrogens is 360 g/mol. The lowest BCUT2D eigenvalue weighted by Gasteiger charge is -2.09. The molecule has 0 heterocycles. The average molecular weight is 370 g/mol. The first kappa shape index (κ1) is 15.5. The van der Waals surface area contributed by atoms with Gasteiger partial charge in [-0.15, -0.1) is 0 Å². The number of aryl methyl sites for hydroxylation is 1. The lowest BCUT2D eigenvalue weighted by molar-refractivity contribution is -0.384. The Kier molecular flexibility index (Phi) is 4.59. The molecule has 0 aliphatic carbocycles. The van der Waals surface area contributed by atoms with Crippen molar-refractivity contribution in [3.63, 3.8) is 0 Å². The predicted molar refractivity (Wildman–Crippen MR) is 84.9 cm³/mol. The summed E-state index contributed by atoms with van der Waals surface area (Å²) in [7, 11) is 0. The minimum atomic E-state index is -0.563. The highest BCUT2D eigenvalue weighted by atomic mass is 79.9. The number of nitrogens with one attached hydrogen (secondary N) is 1. The van der Waals surface area contributed by atoms with E-state index in [4.69, 9.17) is 11.6 Å². The Morgan fingerprint density at radius 1 is 1.29 bits per heavy atom. The van der Waals surface area contributed by atoms with Crippen LogP contribution in [0.25, 0.3) is 0 Å². The van der Waals surface area contributed by atoms with Crippen molar-refractivity contribution in [2.24, 2.45) is 0 Å². The van der Waals surface area contributed by atoms with Gasteiger partial charge in [0.1, 0.15) is 0 Å². The summed E-state index contributed by atoms with van der Waals surface area (Å²) >= 11 is 9.27. The second-order valence-corrected chi connectivity index (χ2v) is 5.66. The molecule has 1 N–H and O–H groups in total. The van der Waals surface area contributed by atoms with Crippen LogP contribution in [0.4, 0.5) is 11.4 Å². The van der Waals surface area contributed by atoms with Gasteiger partial charge in [0.05, 0.1) is 15.5 Å². The molecule has 0 bridgehead atoms. The molecule has 2 rings (SSSR count). The van der Waals surface area contributed by atoms with Crippen molar-refractivity contribution in [2.75, 3.05) is 5.32 Å². The molecule has 0 saturated carbocycles. The van der Waals surface area contributed by atoms with Gasteiger partial charge in [0.2, 0.25) is 0 Å². The average Bonchev–Trinajstić information content (AvgIpc) is 2.41. The normalized spacial score (nSPS) is 10.2. The molecule has 0 unspecified atom stereocenters. The number of hydrogen-bond acceptors (Lipinski definition) is 3. The Morgan fingerprint density at radius 3 is 2.57 bits per heavy atom. The highest BCUT2D eigenvalue weighted by molar-refractivity contribution is 9.10. The lowest BCUT2D eigenvalue weighted by Crippen LogP contribution is -2.13. The van der Waals surface area contributed by atoms with Crippen LogP contribution in [-0.2, 0) is 0 Å². The maximum absolute atomic E-state index is 12.2. The van der Waals surface area contributed by atoms with E-state index in [0.29, 0.717) is 5.69 Å². The first-order valence-electron chi connectivity index (χ1n) is 5.90. The summed E-state index contributed by atoms with van der Waals surface area (Å²) < 4.78 is 0.909. The highest BCUT2D eigenvalue weighted by Crippen LogP contribution is 2.25. The van der Waals surface area contributed by atoms with Crippen LogP contribution in [0.1, 0.15) is 15.9 Å². The molecular formula is C14H10BrClN2O3. The van der Waals surface area contributed by atoms with Crippen molar-refractivity contribution < 1.29 is 9.72 Å². The van der Waals surface area contributed by atoms with Crippen LogP contribution in [0.15, 0.2) is 40.9 Å². The number of non-ortho nitro benzene ring substituents is 1. The highest BCUT2D eigenvalue weighted by Gasteiger charge is 2.15. The second kappa shape index (κ2) is 6.24. The minimum absolute atomic E-state index is 0.0384. The first-order chi connectivity index (χ1) is 9.88. The van der Waals surface area contributed by atoms with Gasteiger partial charge in [0, 0.05) is 22.3 Å². The number of carbonyl (C=O) groups is 1. The largest absolute Gasteiger partial charge is 0.322 e. The third-order valence-electron chi connectivity index (χ3n) is 2.84. The van der Waals surface area contributed by atoms with Crippen molar-refractivity contribution in [2.45, 2.75) is 6.92 Å². The molecule has 0 aromatic heterocycles. The zero-order chi connectivity index (χ0) is 15.6. The summed E-state index contributed by atoms with van der Waals surface area (Å²) in [6.45, 7) is 1.86. The summed E-state index contributed by atoms with van der Waals surface area (Å²) in [6, 6.07) is 9.17. The van der Waals surface area contributed by atoms with Gasteiger partial charge in [0.15, 0.2) is 0 Å². The summed E-state index contributed by atoms with van der Waals surface area (Å²) in [5.41, 5.74) is 1.56. The molecule has 21 heavy (non-hydrogen) atoms. The zero-order valence-electron chi connectivity index (χ0n) is 10.9. The minimum Gasteiger partial charge on any atom is -0.322 e. The van der Waals surface area contributed by atoms with E-state index in [1.54, 1.807) is 12.1 Å². The number of nitro benzene ring substituents is 1. The van der Waals surface area contributed by atoms with Crippen molar-refractivity contribution in [3.05, 3.63) is 67.1 Å². The third-order valence-corrected chi connectivity index (χ3v) is 3.65. The lowest BCUT2D eigenvalue weighted by atomic mass is 10.1. The summed E-state index contributed by atoms with van der Waals surface area (Å²) in [4.78, 5) is 22.3. The fourth-order valence-corrected chi connectivity index (χ4v) is 2.49. The van der Waals surface area contributed by atoms with Crippen molar-refractivity contribution in [3.8, 4) is 0 Å². The molecule has 0 spiro atoms. The van der Waals surface area contributed by atoms with Gasteiger partial charge >= 0.3 is 0 Å². The van der Waals surface area contributed by atoms with Crippen LogP contribution < -0.4 is 5.32 Å². The maximum atomic E-state index is 12.2. The molecule has 2 aromatic carbocycles. The number of hydrogen-bond donors (Lipinski definition) is 1. The SMILES string of the molecule is Cc1cc(Br)ccc1NC(=O)c1ccc([N+](=O)[O-])cc1Cl. The van der Waals surface area contributed by atoms with Crippen LogP contribution in [0, 0.1) is 17.0 Å². The number of amides is 1. The molecule has 2 aromatic rings. The molecule has 0 aliphatic rings. The van der Waals surface area contributed by atoms with Crippen molar-refractivity contribution in [1.82, 2.24) is 0 Å². The van der Waals surface area contributed by atoms with Crippen LogP contribution in [-0.4, -0.2) is 10.8 Å². The quantitative estimate of drug-likeness (QED) is 0.636. The van der Waals surface area contributed by atoms with E-state index in [-0.39, 0.29) is 16.3 Å². The Labute approximate surface area is 134 Å². The molecule has 1 amide bonds. The van der Waals surface area contributed by atoms with Crippen LogP contribution in [0.2, 0.25) is 5.02 Å². The molecule has 0 fully saturated rings. The van der Waals surface area contributed by atoms with E-state index in [1.807, 2.05) is 13.0 Å². The van der Waals surface area contributed by atoms with E-state index >= 15 is 0 Å². The number of carbonyl (C=O) groups excluding carboxylic acids is 1. The van der Waals surface area contributed by atoms with Gasteiger partial charge in [-0.25, -0.2) is 0 Å². The van der Waals surface area contributed by atoms with Crippen LogP contribution in [0.3, 0.4) is 0 Å². The second-order valence-electron chi connectivity index (χ2n) is 4.33. The van der Waals surface area contributed by atoms with Crippen molar-refractivity contribution in [1.29, 1.82) is 0 Å². The topological polar surface area (TPSA) is 72.2 Å². The molecule has 0 aliphatic heterocycles.